The van der Waals surface area contributed by atoms with Crippen LogP contribution in [0.4, 0.5) is 0 Å². The molecule has 1 aliphatic carbocycles. The molecular formula is C18H35N3O10. The second-order valence-corrected chi connectivity index (χ2v) is 8.42. The summed E-state index contributed by atoms with van der Waals surface area (Å²) >= 11 is 0. The summed E-state index contributed by atoms with van der Waals surface area (Å²) in [7, 11) is 0. The van der Waals surface area contributed by atoms with Crippen LogP contribution in [0.5, 0.6) is 0 Å². The topological polar surface area (TPSA) is 236 Å². The fraction of sp³-hybridized carbons (Fsp3) is 1.00. The van der Waals surface area contributed by atoms with Crippen molar-refractivity contribution in [3.05, 3.63) is 0 Å². The molecule has 3 fully saturated rings. The van der Waals surface area contributed by atoms with Crippen molar-refractivity contribution in [3.63, 3.8) is 0 Å². The Labute approximate surface area is 179 Å². The predicted octanol–water partition coefficient (Wildman–Crippen LogP) is -5.34. The quantitative estimate of drug-likeness (QED) is 0.183. The first kappa shape index (κ1) is 25.1. The molecule has 7 unspecified atom stereocenters. The van der Waals surface area contributed by atoms with Gasteiger partial charge < -0.3 is 66.8 Å². The number of hydrogen-bond donors (Lipinski definition) is 9. The van der Waals surface area contributed by atoms with Crippen LogP contribution in [0, 0.1) is 5.92 Å². The number of hydrogen-bond acceptors (Lipinski definition) is 13. The summed E-state index contributed by atoms with van der Waals surface area (Å²) in [5.74, 6) is -0.658. The average Bonchev–Trinajstić information content (AvgIpc) is 2.75. The molecule has 2 saturated heterocycles. The summed E-state index contributed by atoms with van der Waals surface area (Å²) in [6, 6.07) is -0.602. The maximum atomic E-state index is 10.8. The lowest BCUT2D eigenvalue weighted by Gasteiger charge is -2.46. The van der Waals surface area contributed by atoms with E-state index in [0.29, 0.717) is 12.8 Å². The molecule has 0 aromatic heterocycles. The third kappa shape index (κ3) is 5.19. The van der Waals surface area contributed by atoms with Crippen LogP contribution in [0.15, 0.2) is 0 Å². The van der Waals surface area contributed by atoms with Gasteiger partial charge in [-0.05, 0) is 12.8 Å². The van der Waals surface area contributed by atoms with Gasteiger partial charge in [0.15, 0.2) is 12.6 Å². The molecule has 0 amide bonds. The molecule has 0 aromatic carbocycles. The van der Waals surface area contributed by atoms with Crippen LogP contribution in [-0.4, -0.2) is 124 Å². The highest BCUT2D eigenvalue weighted by Gasteiger charge is 2.48. The van der Waals surface area contributed by atoms with Crippen LogP contribution in [-0.2, 0) is 18.9 Å². The second-order valence-electron chi connectivity index (χ2n) is 8.42. The van der Waals surface area contributed by atoms with Gasteiger partial charge in [-0.25, -0.2) is 0 Å². The highest BCUT2D eigenvalue weighted by Crippen LogP contribution is 2.31. The van der Waals surface area contributed by atoms with Gasteiger partial charge in [-0.2, -0.15) is 0 Å². The van der Waals surface area contributed by atoms with Gasteiger partial charge in [0.2, 0.25) is 0 Å². The molecule has 2 heterocycles. The van der Waals surface area contributed by atoms with Gasteiger partial charge in [-0.1, -0.05) is 0 Å². The Kier molecular flexibility index (Phi) is 8.59. The number of aliphatic hydroxyl groups is 6. The molecular weight excluding hydrogens is 418 g/mol. The molecule has 182 valence electrons. The molecule has 3 aliphatic rings. The second kappa shape index (κ2) is 10.6. The molecule has 13 heteroatoms. The summed E-state index contributed by atoms with van der Waals surface area (Å²) in [6.07, 6.45) is -12.6. The summed E-state index contributed by atoms with van der Waals surface area (Å²) in [5.41, 5.74) is 17.2. The minimum absolute atomic E-state index is 0.0178. The van der Waals surface area contributed by atoms with Crippen molar-refractivity contribution >= 4 is 0 Å². The SMILES string of the molecule is NCC1O[C@H](O[C@@H]2CC[C@@H](N)C(O[C@H]3OC[C@H](O)C(CN)C3O)C2O)C(O)C(O)[C@@H]1O. The van der Waals surface area contributed by atoms with Gasteiger partial charge in [0.25, 0.3) is 0 Å². The smallest absolute Gasteiger partial charge is 0.187 e. The standard InChI is InChI=1S/C18H35N3O10/c19-3-6-8(22)5-28-17(11(6)23)31-16-7(21)1-2-9(13(16)25)29-18-15(27)14(26)12(24)10(4-20)30-18/h6-18,22-27H,1-5,19-21H2/t6?,7-,8+,9-,10?,11?,12-,13?,14?,15?,16?,17-,18+/m1/s1. The van der Waals surface area contributed by atoms with Crippen LogP contribution < -0.4 is 17.2 Å². The van der Waals surface area contributed by atoms with Crippen LogP contribution in [0.3, 0.4) is 0 Å². The number of aliphatic hydroxyl groups excluding tert-OH is 6. The summed E-state index contributed by atoms with van der Waals surface area (Å²) in [6.45, 7) is -0.186. The minimum Gasteiger partial charge on any atom is -0.390 e. The van der Waals surface area contributed by atoms with Crippen molar-refractivity contribution in [3.8, 4) is 0 Å². The van der Waals surface area contributed by atoms with Gasteiger partial charge in [0.05, 0.1) is 18.8 Å². The fourth-order valence-corrected chi connectivity index (χ4v) is 4.30. The molecule has 0 aromatic rings. The zero-order valence-electron chi connectivity index (χ0n) is 17.1. The number of ether oxygens (including phenoxy) is 4. The number of rotatable bonds is 6. The van der Waals surface area contributed by atoms with Gasteiger partial charge >= 0.3 is 0 Å². The van der Waals surface area contributed by atoms with E-state index in [-0.39, 0.29) is 19.7 Å². The molecule has 31 heavy (non-hydrogen) atoms. The fourth-order valence-electron chi connectivity index (χ4n) is 4.30. The third-order valence-corrected chi connectivity index (χ3v) is 6.34. The lowest BCUT2D eigenvalue weighted by atomic mass is 9.87. The highest BCUT2D eigenvalue weighted by atomic mass is 16.7. The minimum atomic E-state index is -1.56. The summed E-state index contributed by atoms with van der Waals surface area (Å²) in [5, 5.41) is 61.3. The Morgan fingerprint density at radius 2 is 1.48 bits per heavy atom. The Hall–Kier alpha value is -0.520. The average molecular weight is 453 g/mol. The molecule has 2 aliphatic heterocycles. The van der Waals surface area contributed by atoms with Crippen LogP contribution in [0.25, 0.3) is 0 Å². The normalized spacial score (nSPS) is 51.6. The van der Waals surface area contributed by atoms with E-state index < -0.39 is 79.5 Å². The Morgan fingerprint density at radius 3 is 2.13 bits per heavy atom. The monoisotopic (exact) mass is 453 g/mol. The largest absolute Gasteiger partial charge is 0.390 e. The van der Waals surface area contributed by atoms with Gasteiger partial charge in [0.1, 0.15) is 42.7 Å². The predicted molar refractivity (Wildman–Crippen MR) is 103 cm³/mol. The molecule has 13 atom stereocenters. The molecule has 0 radical (unpaired) electrons. The first-order valence-electron chi connectivity index (χ1n) is 10.5. The zero-order chi connectivity index (χ0) is 22.9. The van der Waals surface area contributed by atoms with E-state index >= 15 is 0 Å². The van der Waals surface area contributed by atoms with E-state index in [4.69, 9.17) is 36.1 Å². The van der Waals surface area contributed by atoms with E-state index in [0.717, 1.165) is 0 Å². The summed E-state index contributed by atoms with van der Waals surface area (Å²) < 4.78 is 22.3. The first-order valence-corrected chi connectivity index (χ1v) is 10.5. The van der Waals surface area contributed by atoms with Crippen LogP contribution >= 0.6 is 0 Å². The maximum absolute atomic E-state index is 10.8. The Bertz CT molecular complexity index is 575. The van der Waals surface area contributed by atoms with E-state index in [1.807, 2.05) is 0 Å². The zero-order valence-corrected chi connectivity index (χ0v) is 17.1. The number of nitrogens with two attached hydrogens (primary N) is 3. The maximum Gasteiger partial charge on any atom is 0.187 e. The lowest BCUT2D eigenvalue weighted by Crippen LogP contribution is -2.63. The van der Waals surface area contributed by atoms with Crippen LogP contribution in [0.1, 0.15) is 12.8 Å². The summed E-state index contributed by atoms with van der Waals surface area (Å²) in [4.78, 5) is 0. The van der Waals surface area contributed by atoms with Crippen molar-refractivity contribution in [2.75, 3.05) is 19.7 Å². The van der Waals surface area contributed by atoms with Gasteiger partial charge in [-0.3, -0.25) is 0 Å². The van der Waals surface area contributed by atoms with Crippen molar-refractivity contribution in [2.45, 2.75) is 86.4 Å². The molecule has 3 rings (SSSR count). The lowest BCUT2D eigenvalue weighted by molar-refractivity contribution is -0.326. The van der Waals surface area contributed by atoms with E-state index in [9.17, 15) is 30.6 Å². The van der Waals surface area contributed by atoms with E-state index in [1.165, 1.54) is 0 Å². The van der Waals surface area contributed by atoms with E-state index in [1.54, 1.807) is 0 Å². The molecule has 13 nitrogen and oxygen atoms in total. The first-order chi connectivity index (χ1) is 14.7. The van der Waals surface area contributed by atoms with Crippen molar-refractivity contribution < 1.29 is 49.6 Å². The Balaban J connectivity index is 1.65. The molecule has 0 spiro atoms. The van der Waals surface area contributed by atoms with Crippen molar-refractivity contribution in [1.29, 1.82) is 0 Å². The van der Waals surface area contributed by atoms with Crippen LogP contribution in [0.2, 0.25) is 0 Å². The molecule has 0 bridgehead atoms. The van der Waals surface area contributed by atoms with E-state index in [2.05, 4.69) is 0 Å². The molecule has 1 saturated carbocycles. The Morgan fingerprint density at radius 1 is 0.774 bits per heavy atom. The van der Waals surface area contributed by atoms with Gasteiger partial charge in [-0.15, -0.1) is 0 Å². The molecule has 12 N–H and O–H groups in total. The van der Waals surface area contributed by atoms with Gasteiger partial charge in [0, 0.05) is 25.0 Å². The van der Waals surface area contributed by atoms with Crippen molar-refractivity contribution in [2.24, 2.45) is 23.1 Å². The third-order valence-electron chi connectivity index (χ3n) is 6.34. The highest BCUT2D eigenvalue weighted by molar-refractivity contribution is 4.95. The van der Waals surface area contributed by atoms with Crippen molar-refractivity contribution in [1.82, 2.24) is 0 Å².